The predicted octanol–water partition coefficient (Wildman–Crippen LogP) is 5.07. The highest BCUT2D eigenvalue weighted by Crippen LogP contribution is 2.36. The maximum atomic E-state index is 10.3. The number of rotatable bonds is 3. The van der Waals surface area contributed by atoms with Gasteiger partial charge in [0.25, 0.3) is 0 Å². The van der Waals surface area contributed by atoms with E-state index in [9.17, 15) is 5.11 Å². The fourth-order valence-electron chi connectivity index (χ4n) is 3.16. The quantitative estimate of drug-likeness (QED) is 0.552. The summed E-state index contributed by atoms with van der Waals surface area (Å²) in [6.45, 7) is 4.16. The third-order valence-electron chi connectivity index (χ3n) is 4.17. The van der Waals surface area contributed by atoms with Crippen LogP contribution in [0.4, 0.5) is 11.5 Å². The van der Waals surface area contributed by atoms with Crippen molar-refractivity contribution in [2.75, 3.05) is 5.32 Å². The number of hydrogen-bond donors (Lipinski definition) is 2. The van der Waals surface area contributed by atoms with Crippen molar-refractivity contribution < 1.29 is 5.11 Å². The molecule has 2 aromatic heterocycles. The van der Waals surface area contributed by atoms with Crippen molar-refractivity contribution in [2.24, 2.45) is 0 Å². The Balaban J connectivity index is 1.92. The van der Waals surface area contributed by atoms with Crippen LogP contribution in [0.2, 0.25) is 0 Å². The molecule has 2 heterocycles. The van der Waals surface area contributed by atoms with Gasteiger partial charge in [0.05, 0.1) is 0 Å². The molecule has 0 aliphatic heterocycles. The van der Waals surface area contributed by atoms with Crippen LogP contribution in [-0.2, 0) is 0 Å². The third kappa shape index (κ3) is 2.83. The summed E-state index contributed by atoms with van der Waals surface area (Å²) >= 11 is 0. The van der Waals surface area contributed by atoms with Crippen molar-refractivity contribution >= 4 is 17.2 Å². The fraction of sp³-hybridized carbons (Fsp3) is 0.0952. The van der Waals surface area contributed by atoms with Crippen molar-refractivity contribution in [1.82, 2.24) is 9.38 Å². The Bertz CT molecular complexity index is 1050. The second kappa shape index (κ2) is 5.98. The minimum Gasteiger partial charge on any atom is -0.507 e. The van der Waals surface area contributed by atoms with Crippen LogP contribution >= 0.6 is 0 Å². The van der Waals surface area contributed by atoms with Gasteiger partial charge in [-0.05, 0) is 61.4 Å². The number of imidazole rings is 1. The Hall–Kier alpha value is -3.27. The lowest BCUT2D eigenvalue weighted by Gasteiger charge is -2.11. The SMILES string of the molecule is Cc1cc(C)cc(Nc2c(-c3ccccc3O)nc3ccccn23)c1. The molecule has 0 aliphatic rings. The number of phenolic OH excluding ortho intramolecular Hbond substituents is 1. The molecule has 0 radical (unpaired) electrons. The number of aromatic hydroxyl groups is 1. The average molecular weight is 329 g/mol. The third-order valence-corrected chi connectivity index (χ3v) is 4.17. The number of fused-ring (bicyclic) bond motifs is 1. The minimum atomic E-state index is 0.217. The molecule has 0 atom stereocenters. The monoisotopic (exact) mass is 329 g/mol. The number of phenols is 1. The Kier molecular flexibility index (Phi) is 3.65. The first-order valence-electron chi connectivity index (χ1n) is 8.22. The number of para-hydroxylation sites is 1. The lowest BCUT2D eigenvalue weighted by Crippen LogP contribution is -1.97. The molecule has 2 aromatic carbocycles. The van der Waals surface area contributed by atoms with Crippen molar-refractivity contribution in [3.8, 4) is 17.0 Å². The standard InChI is InChI=1S/C21H19N3O/c1-14-11-15(2)13-16(12-14)22-21-20(17-7-3-4-8-18(17)25)23-19-9-5-6-10-24(19)21/h3-13,22,25H,1-2H3. The van der Waals surface area contributed by atoms with Gasteiger partial charge in [-0.3, -0.25) is 4.40 Å². The zero-order chi connectivity index (χ0) is 17.4. The van der Waals surface area contributed by atoms with Crippen LogP contribution in [0.5, 0.6) is 5.75 Å². The zero-order valence-electron chi connectivity index (χ0n) is 14.2. The number of nitrogens with zero attached hydrogens (tertiary/aromatic N) is 2. The molecule has 0 bridgehead atoms. The van der Waals surface area contributed by atoms with E-state index < -0.39 is 0 Å². The molecule has 4 aromatic rings. The van der Waals surface area contributed by atoms with Crippen LogP contribution in [-0.4, -0.2) is 14.5 Å². The Morgan fingerprint density at radius 1 is 0.920 bits per heavy atom. The number of anilines is 2. The van der Waals surface area contributed by atoms with Crippen LogP contribution in [0.25, 0.3) is 16.9 Å². The van der Waals surface area contributed by atoms with E-state index in [-0.39, 0.29) is 5.75 Å². The molecule has 0 aliphatic carbocycles. The van der Waals surface area contributed by atoms with Crippen molar-refractivity contribution in [2.45, 2.75) is 13.8 Å². The summed E-state index contributed by atoms with van der Waals surface area (Å²) in [6.07, 6.45) is 1.97. The van der Waals surface area contributed by atoms with Gasteiger partial charge < -0.3 is 10.4 Å². The first-order chi connectivity index (χ1) is 12.1. The van der Waals surface area contributed by atoms with Crippen molar-refractivity contribution in [1.29, 1.82) is 0 Å². The van der Waals surface area contributed by atoms with E-state index in [1.165, 1.54) is 11.1 Å². The fourth-order valence-corrected chi connectivity index (χ4v) is 3.16. The predicted molar refractivity (Wildman–Crippen MR) is 101 cm³/mol. The molecule has 0 saturated carbocycles. The van der Waals surface area contributed by atoms with E-state index in [1.54, 1.807) is 6.07 Å². The van der Waals surface area contributed by atoms with E-state index in [1.807, 2.05) is 47.0 Å². The Morgan fingerprint density at radius 2 is 1.64 bits per heavy atom. The number of benzene rings is 2. The van der Waals surface area contributed by atoms with Crippen LogP contribution in [0, 0.1) is 13.8 Å². The van der Waals surface area contributed by atoms with E-state index >= 15 is 0 Å². The summed E-state index contributed by atoms with van der Waals surface area (Å²) in [7, 11) is 0. The van der Waals surface area contributed by atoms with E-state index in [0.29, 0.717) is 5.56 Å². The molecule has 2 N–H and O–H groups in total. The lowest BCUT2D eigenvalue weighted by atomic mass is 10.1. The minimum absolute atomic E-state index is 0.217. The smallest absolute Gasteiger partial charge is 0.143 e. The number of pyridine rings is 1. The normalized spacial score (nSPS) is 11.0. The van der Waals surface area contributed by atoms with Crippen molar-refractivity contribution in [3.05, 3.63) is 78.0 Å². The molecule has 0 saturated heterocycles. The topological polar surface area (TPSA) is 49.6 Å². The Morgan fingerprint density at radius 3 is 2.40 bits per heavy atom. The van der Waals surface area contributed by atoms with Gasteiger partial charge >= 0.3 is 0 Å². The molecular formula is C21H19N3O. The van der Waals surface area contributed by atoms with Gasteiger partial charge in [-0.15, -0.1) is 0 Å². The van der Waals surface area contributed by atoms with Gasteiger partial charge in [-0.2, -0.15) is 0 Å². The van der Waals surface area contributed by atoms with E-state index in [2.05, 4.69) is 37.4 Å². The van der Waals surface area contributed by atoms with Gasteiger partial charge in [0.2, 0.25) is 0 Å². The number of nitrogens with one attached hydrogen (secondary N) is 1. The molecule has 0 amide bonds. The number of aryl methyl sites for hydroxylation is 2. The van der Waals surface area contributed by atoms with E-state index in [0.717, 1.165) is 22.8 Å². The second-order valence-corrected chi connectivity index (χ2v) is 6.26. The maximum Gasteiger partial charge on any atom is 0.143 e. The zero-order valence-corrected chi connectivity index (χ0v) is 14.2. The first-order valence-corrected chi connectivity index (χ1v) is 8.22. The van der Waals surface area contributed by atoms with Gasteiger partial charge in [0.15, 0.2) is 0 Å². The Labute approximate surface area is 146 Å². The van der Waals surface area contributed by atoms with E-state index in [4.69, 9.17) is 4.98 Å². The van der Waals surface area contributed by atoms with Crippen LogP contribution in [0.1, 0.15) is 11.1 Å². The largest absolute Gasteiger partial charge is 0.507 e. The first kappa shape index (κ1) is 15.3. The van der Waals surface area contributed by atoms with Gasteiger partial charge in [0.1, 0.15) is 22.9 Å². The van der Waals surface area contributed by atoms with Crippen LogP contribution < -0.4 is 5.32 Å². The molecular weight excluding hydrogens is 310 g/mol. The van der Waals surface area contributed by atoms with Crippen LogP contribution in [0.15, 0.2) is 66.9 Å². The number of aromatic nitrogens is 2. The van der Waals surface area contributed by atoms with Crippen molar-refractivity contribution in [3.63, 3.8) is 0 Å². The van der Waals surface area contributed by atoms with Crippen LogP contribution in [0.3, 0.4) is 0 Å². The average Bonchev–Trinajstić information content (AvgIpc) is 2.93. The maximum absolute atomic E-state index is 10.3. The molecule has 124 valence electrons. The van der Waals surface area contributed by atoms with Gasteiger partial charge in [-0.1, -0.05) is 24.3 Å². The highest BCUT2D eigenvalue weighted by atomic mass is 16.3. The highest BCUT2D eigenvalue weighted by molar-refractivity contribution is 5.82. The van der Waals surface area contributed by atoms with Gasteiger partial charge in [-0.25, -0.2) is 4.98 Å². The molecule has 25 heavy (non-hydrogen) atoms. The summed E-state index contributed by atoms with van der Waals surface area (Å²) in [4.78, 5) is 4.73. The molecule has 4 rings (SSSR count). The second-order valence-electron chi connectivity index (χ2n) is 6.26. The summed E-state index contributed by atoms with van der Waals surface area (Å²) in [6, 6.07) is 19.5. The highest BCUT2D eigenvalue weighted by Gasteiger charge is 2.16. The molecule has 0 spiro atoms. The molecule has 0 fully saturated rings. The summed E-state index contributed by atoms with van der Waals surface area (Å²) in [5.74, 6) is 1.05. The summed E-state index contributed by atoms with van der Waals surface area (Å²) in [5, 5.41) is 13.8. The molecule has 4 heteroatoms. The molecule has 0 unspecified atom stereocenters. The van der Waals surface area contributed by atoms with Gasteiger partial charge in [0, 0.05) is 17.4 Å². The number of hydrogen-bond acceptors (Lipinski definition) is 3. The summed E-state index contributed by atoms with van der Waals surface area (Å²) in [5.41, 5.74) is 5.65. The molecule has 4 nitrogen and oxygen atoms in total. The lowest BCUT2D eigenvalue weighted by molar-refractivity contribution is 0.477. The summed E-state index contributed by atoms with van der Waals surface area (Å²) < 4.78 is 2.00.